The Morgan fingerprint density at radius 2 is 2.00 bits per heavy atom. The molecule has 0 spiro atoms. The summed E-state index contributed by atoms with van der Waals surface area (Å²) in [6.45, 7) is 8.59. The van der Waals surface area contributed by atoms with Crippen LogP contribution in [0.25, 0.3) is 0 Å². The van der Waals surface area contributed by atoms with Crippen LogP contribution in [0.15, 0.2) is 0 Å². The maximum absolute atomic E-state index is 9.70. The van der Waals surface area contributed by atoms with E-state index in [0.717, 1.165) is 19.7 Å². The van der Waals surface area contributed by atoms with Crippen molar-refractivity contribution in [1.82, 2.24) is 4.90 Å². The molecule has 92 valence electrons. The zero-order valence-electron chi connectivity index (χ0n) is 10.5. The second-order valence-electron chi connectivity index (χ2n) is 4.67. The van der Waals surface area contributed by atoms with Crippen molar-refractivity contribution >= 4 is 0 Å². The molecule has 0 aromatic carbocycles. The third kappa shape index (κ3) is 8.81. The molecule has 0 aromatic heterocycles. The van der Waals surface area contributed by atoms with E-state index in [1.54, 1.807) is 6.92 Å². The van der Waals surface area contributed by atoms with Crippen molar-refractivity contribution in [2.45, 2.75) is 38.9 Å². The van der Waals surface area contributed by atoms with Crippen LogP contribution in [0.3, 0.4) is 0 Å². The SMILES string of the molecule is CC(C)OCCN(C)CCC(C)(O)CN. The summed E-state index contributed by atoms with van der Waals surface area (Å²) < 4.78 is 5.44. The fourth-order valence-corrected chi connectivity index (χ4v) is 1.09. The normalized spacial score (nSPS) is 16.0. The van der Waals surface area contributed by atoms with Gasteiger partial charge in [0.25, 0.3) is 0 Å². The first-order valence-corrected chi connectivity index (χ1v) is 5.60. The number of hydrogen-bond acceptors (Lipinski definition) is 4. The average Bonchev–Trinajstić information content (AvgIpc) is 2.14. The van der Waals surface area contributed by atoms with E-state index in [2.05, 4.69) is 4.90 Å². The van der Waals surface area contributed by atoms with E-state index in [9.17, 15) is 5.11 Å². The fraction of sp³-hybridized carbons (Fsp3) is 1.00. The third-order valence-corrected chi connectivity index (χ3v) is 2.40. The van der Waals surface area contributed by atoms with Crippen LogP contribution in [0.5, 0.6) is 0 Å². The van der Waals surface area contributed by atoms with Crippen LogP contribution in [0.2, 0.25) is 0 Å². The molecule has 15 heavy (non-hydrogen) atoms. The van der Waals surface area contributed by atoms with Crippen molar-refractivity contribution in [3.05, 3.63) is 0 Å². The summed E-state index contributed by atoms with van der Waals surface area (Å²) >= 11 is 0. The Kier molecular flexibility index (Phi) is 7.09. The summed E-state index contributed by atoms with van der Waals surface area (Å²) in [5.74, 6) is 0. The van der Waals surface area contributed by atoms with Gasteiger partial charge in [0.05, 0.1) is 18.3 Å². The molecule has 0 aliphatic carbocycles. The first kappa shape index (κ1) is 14.8. The molecule has 3 N–H and O–H groups in total. The minimum atomic E-state index is -0.743. The van der Waals surface area contributed by atoms with E-state index < -0.39 is 5.60 Å². The van der Waals surface area contributed by atoms with E-state index in [1.165, 1.54) is 0 Å². The van der Waals surface area contributed by atoms with E-state index in [-0.39, 0.29) is 6.10 Å². The van der Waals surface area contributed by atoms with Crippen LogP contribution in [-0.2, 0) is 4.74 Å². The summed E-state index contributed by atoms with van der Waals surface area (Å²) in [5, 5.41) is 9.70. The van der Waals surface area contributed by atoms with Gasteiger partial charge in [-0.05, 0) is 34.2 Å². The third-order valence-electron chi connectivity index (χ3n) is 2.40. The zero-order valence-corrected chi connectivity index (χ0v) is 10.5. The van der Waals surface area contributed by atoms with Gasteiger partial charge in [-0.1, -0.05) is 0 Å². The van der Waals surface area contributed by atoms with Gasteiger partial charge in [-0.3, -0.25) is 0 Å². The molecule has 0 aromatic rings. The molecule has 0 aliphatic heterocycles. The van der Waals surface area contributed by atoms with Crippen molar-refractivity contribution in [2.24, 2.45) is 5.73 Å². The molecule has 0 aliphatic rings. The van der Waals surface area contributed by atoms with Crippen LogP contribution < -0.4 is 5.73 Å². The number of aliphatic hydroxyl groups is 1. The van der Waals surface area contributed by atoms with Crippen LogP contribution in [-0.4, -0.2) is 55.0 Å². The molecule has 4 nitrogen and oxygen atoms in total. The predicted octanol–water partition coefficient (Wildman–Crippen LogP) is 0.443. The number of nitrogens with two attached hydrogens (primary N) is 1. The number of likely N-dealkylation sites (N-methyl/N-ethyl adjacent to an activating group) is 1. The van der Waals surface area contributed by atoms with E-state index >= 15 is 0 Å². The van der Waals surface area contributed by atoms with Crippen molar-refractivity contribution in [2.75, 3.05) is 33.3 Å². The lowest BCUT2D eigenvalue weighted by Crippen LogP contribution is -2.38. The Balaban J connectivity index is 3.53. The van der Waals surface area contributed by atoms with Crippen LogP contribution in [0.1, 0.15) is 27.2 Å². The molecule has 0 bridgehead atoms. The summed E-state index contributed by atoms with van der Waals surface area (Å²) in [7, 11) is 2.02. The van der Waals surface area contributed by atoms with Gasteiger partial charge in [0, 0.05) is 19.6 Å². The minimum Gasteiger partial charge on any atom is -0.389 e. The molecular formula is C11H26N2O2. The molecule has 1 unspecified atom stereocenters. The summed E-state index contributed by atoms with van der Waals surface area (Å²) in [4.78, 5) is 2.15. The maximum atomic E-state index is 9.70. The number of nitrogens with zero attached hydrogens (tertiary/aromatic N) is 1. The number of rotatable bonds is 8. The molecule has 0 amide bonds. The van der Waals surface area contributed by atoms with E-state index in [4.69, 9.17) is 10.5 Å². The predicted molar refractivity (Wildman–Crippen MR) is 62.9 cm³/mol. The van der Waals surface area contributed by atoms with E-state index in [0.29, 0.717) is 13.0 Å². The standard InChI is InChI=1S/C11H26N2O2/c1-10(2)15-8-7-13(4)6-5-11(3,14)9-12/h10,14H,5-9,12H2,1-4H3. The van der Waals surface area contributed by atoms with E-state index in [1.807, 2.05) is 20.9 Å². The van der Waals surface area contributed by atoms with Gasteiger partial charge in [0.15, 0.2) is 0 Å². The molecule has 0 heterocycles. The smallest absolute Gasteiger partial charge is 0.0753 e. The highest BCUT2D eigenvalue weighted by Gasteiger charge is 2.18. The minimum absolute atomic E-state index is 0.283. The summed E-state index contributed by atoms with van der Waals surface area (Å²) in [6, 6.07) is 0. The Hall–Kier alpha value is -0.160. The highest BCUT2D eigenvalue weighted by molar-refractivity contribution is 4.74. The Morgan fingerprint density at radius 3 is 2.47 bits per heavy atom. The van der Waals surface area contributed by atoms with Gasteiger partial charge in [0.2, 0.25) is 0 Å². The highest BCUT2D eigenvalue weighted by Crippen LogP contribution is 2.07. The topological polar surface area (TPSA) is 58.7 Å². The zero-order chi connectivity index (χ0) is 11.9. The van der Waals surface area contributed by atoms with Crippen molar-refractivity contribution in [3.8, 4) is 0 Å². The van der Waals surface area contributed by atoms with Gasteiger partial charge in [-0.15, -0.1) is 0 Å². The first-order valence-electron chi connectivity index (χ1n) is 5.60. The summed E-state index contributed by atoms with van der Waals surface area (Å²) in [5.41, 5.74) is 4.70. The van der Waals surface area contributed by atoms with Crippen molar-refractivity contribution < 1.29 is 9.84 Å². The number of hydrogen-bond donors (Lipinski definition) is 2. The number of ether oxygens (including phenoxy) is 1. The molecule has 1 atom stereocenters. The first-order chi connectivity index (χ1) is 6.87. The van der Waals surface area contributed by atoms with Crippen LogP contribution in [0.4, 0.5) is 0 Å². The second kappa shape index (κ2) is 7.17. The van der Waals surface area contributed by atoms with Crippen LogP contribution in [0, 0.1) is 0 Å². The molecule has 0 saturated heterocycles. The Bertz CT molecular complexity index is 161. The molecule has 4 heteroatoms. The maximum Gasteiger partial charge on any atom is 0.0753 e. The molecule has 0 rings (SSSR count). The lowest BCUT2D eigenvalue weighted by molar-refractivity contribution is 0.0376. The monoisotopic (exact) mass is 218 g/mol. The van der Waals surface area contributed by atoms with Crippen molar-refractivity contribution in [1.29, 1.82) is 0 Å². The second-order valence-corrected chi connectivity index (χ2v) is 4.67. The quantitative estimate of drug-likeness (QED) is 0.621. The molecule has 0 radical (unpaired) electrons. The fourth-order valence-electron chi connectivity index (χ4n) is 1.09. The van der Waals surface area contributed by atoms with Gasteiger partial charge in [-0.2, -0.15) is 0 Å². The highest BCUT2D eigenvalue weighted by atomic mass is 16.5. The Labute approximate surface area is 93.4 Å². The van der Waals surface area contributed by atoms with Gasteiger partial charge < -0.3 is 20.5 Å². The molecule has 0 saturated carbocycles. The molecule has 0 fully saturated rings. The largest absolute Gasteiger partial charge is 0.389 e. The summed E-state index contributed by atoms with van der Waals surface area (Å²) in [6.07, 6.45) is 0.979. The lowest BCUT2D eigenvalue weighted by atomic mass is 10.0. The molecular weight excluding hydrogens is 192 g/mol. The van der Waals surface area contributed by atoms with Crippen LogP contribution >= 0.6 is 0 Å². The van der Waals surface area contributed by atoms with Gasteiger partial charge >= 0.3 is 0 Å². The van der Waals surface area contributed by atoms with Gasteiger partial charge in [-0.25, -0.2) is 0 Å². The average molecular weight is 218 g/mol. The van der Waals surface area contributed by atoms with Gasteiger partial charge in [0.1, 0.15) is 0 Å². The van der Waals surface area contributed by atoms with Crippen molar-refractivity contribution in [3.63, 3.8) is 0 Å². The lowest BCUT2D eigenvalue weighted by Gasteiger charge is -2.25. The Morgan fingerprint density at radius 1 is 1.40 bits per heavy atom.